The molecule has 5 heteroatoms. The van der Waals surface area contributed by atoms with Gasteiger partial charge in [0.15, 0.2) is 0 Å². The summed E-state index contributed by atoms with van der Waals surface area (Å²) in [6, 6.07) is 0. The van der Waals surface area contributed by atoms with Crippen LogP contribution in [-0.4, -0.2) is 44.2 Å². The number of ether oxygens (including phenoxy) is 4. The lowest BCUT2D eigenvalue weighted by atomic mass is 10.6. The Kier molecular flexibility index (Phi) is 5.15. The van der Waals surface area contributed by atoms with Gasteiger partial charge in [0, 0.05) is 21.3 Å². The Balaban J connectivity index is 4.23. The van der Waals surface area contributed by atoms with Crippen LogP contribution in [0.4, 0.5) is 0 Å². The molecule has 0 aliphatic carbocycles. The topological polar surface area (TPSA) is 36.9 Å². The smallest absolute Gasteiger partial charge is 0.350 e. The molecule has 0 bridgehead atoms. The molecule has 0 saturated carbocycles. The molecule has 4 nitrogen and oxygen atoms in total. The Morgan fingerprint density at radius 1 is 1.33 bits per heavy atom. The summed E-state index contributed by atoms with van der Waals surface area (Å²) in [4.78, 5) is 0. The van der Waals surface area contributed by atoms with Crippen LogP contribution in [0, 0.1) is 0 Å². The summed E-state index contributed by atoms with van der Waals surface area (Å²) in [5.74, 6) is -1.13. The maximum atomic E-state index is 5.27. The van der Waals surface area contributed by atoms with Gasteiger partial charge in [-0.25, -0.2) is 0 Å². The Morgan fingerprint density at radius 3 is 2.08 bits per heavy atom. The third-order valence-electron chi connectivity index (χ3n) is 1.27. The van der Waals surface area contributed by atoms with Gasteiger partial charge in [-0.05, 0) is 0 Å². The maximum Gasteiger partial charge on any atom is 0.350 e. The number of rotatable bonds is 6. The van der Waals surface area contributed by atoms with Gasteiger partial charge in [-0.1, -0.05) is 6.58 Å². The molecule has 0 fully saturated rings. The van der Waals surface area contributed by atoms with Crippen LogP contribution in [0.1, 0.15) is 0 Å². The molecule has 12 heavy (non-hydrogen) atoms. The van der Waals surface area contributed by atoms with Gasteiger partial charge in [0.1, 0.15) is 6.61 Å². The fourth-order valence-corrected chi connectivity index (χ4v) is 1.07. The molecule has 0 unspecified atom stereocenters. The molecule has 0 aromatic heterocycles. The van der Waals surface area contributed by atoms with Crippen molar-refractivity contribution in [2.45, 2.75) is 5.97 Å². The monoisotopic (exact) mass is 192 g/mol. The summed E-state index contributed by atoms with van der Waals surface area (Å²) in [5, 5.41) is 0.649. The van der Waals surface area contributed by atoms with Crippen LogP contribution < -0.4 is 0 Å². The quantitative estimate of drug-likeness (QED) is 0.321. The van der Waals surface area contributed by atoms with Crippen LogP contribution in [-0.2, 0) is 18.9 Å². The van der Waals surface area contributed by atoms with Crippen LogP contribution in [0.15, 0.2) is 12.0 Å². The van der Waals surface area contributed by atoms with Gasteiger partial charge < -0.3 is 18.9 Å². The molecular weight excluding hydrogens is 176 g/mol. The second-order valence-electron chi connectivity index (χ2n) is 2.33. The highest BCUT2D eigenvalue weighted by Gasteiger charge is 2.32. The minimum atomic E-state index is -1.13. The normalized spacial score (nSPS) is 11.6. The van der Waals surface area contributed by atoms with Gasteiger partial charge in [-0.2, -0.15) is 0 Å². The molecule has 0 heterocycles. The van der Waals surface area contributed by atoms with Crippen LogP contribution >= 0.6 is 0 Å². The van der Waals surface area contributed by atoms with Gasteiger partial charge in [0.2, 0.25) is 0 Å². The summed E-state index contributed by atoms with van der Waals surface area (Å²) in [6.07, 6.45) is 0. The van der Waals surface area contributed by atoms with E-state index in [9.17, 15) is 0 Å². The molecule has 0 aromatic carbocycles. The SMILES string of the molecule is C=C([SiH3])OC(COC)(OC)OC. The third-order valence-corrected chi connectivity index (χ3v) is 1.48. The van der Waals surface area contributed by atoms with Gasteiger partial charge >= 0.3 is 5.97 Å². The van der Waals surface area contributed by atoms with E-state index in [0.29, 0.717) is 5.38 Å². The molecule has 72 valence electrons. The van der Waals surface area contributed by atoms with Crippen molar-refractivity contribution in [2.75, 3.05) is 27.9 Å². The molecule has 0 amide bonds. The molecule has 0 radical (unpaired) electrons. The minimum Gasteiger partial charge on any atom is -0.449 e. The third kappa shape index (κ3) is 3.36. The summed E-state index contributed by atoms with van der Waals surface area (Å²) in [6.45, 7) is 3.85. The van der Waals surface area contributed by atoms with Gasteiger partial charge in [0.05, 0.1) is 15.6 Å². The molecule has 0 aliphatic heterocycles. The van der Waals surface area contributed by atoms with Crippen LogP contribution in [0.25, 0.3) is 0 Å². The van der Waals surface area contributed by atoms with E-state index in [1.807, 2.05) is 0 Å². The lowest BCUT2D eigenvalue weighted by molar-refractivity contribution is -0.358. The fraction of sp³-hybridized carbons (Fsp3) is 0.714. The first-order chi connectivity index (χ1) is 5.60. The number of hydrogen-bond donors (Lipinski definition) is 0. The predicted molar refractivity (Wildman–Crippen MR) is 48.8 cm³/mol. The Labute approximate surface area is 75.9 Å². The standard InChI is InChI=1S/C7H16O4Si/c1-6(12)11-7(9-3,10-4)5-8-2/h1,5H2,2-4,12H3. The molecule has 0 spiro atoms. The Bertz CT molecular complexity index is 144. The highest BCUT2D eigenvalue weighted by atomic mass is 28.1. The second-order valence-corrected chi connectivity index (χ2v) is 3.44. The Morgan fingerprint density at radius 2 is 1.83 bits per heavy atom. The average molecular weight is 192 g/mol. The van der Waals surface area contributed by atoms with Crippen molar-refractivity contribution in [2.24, 2.45) is 0 Å². The van der Waals surface area contributed by atoms with E-state index in [-0.39, 0.29) is 6.61 Å². The lowest BCUT2D eigenvalue weighted by Crippen LogP contribution is -2.41. The lowest BCUT2D eigenvalue weighted by Gasteiger charge is -2.30. The van der Waals surface area contributed by atoms with E-state index in [2.05, 4.69) is 6.58 Å². The zero-order valence-electron chi connectivity index (χ0n) is 8.05. The summed E-state index contributed by atoms with van der Waals surface area (Å²) in [7, 11) is 5.27. The summed E-state index contributed by atoms with van der Waals surface area (Å²) in [5.41, 5.74) is 0. The van der Waals surface area contributed by atoms with E-state index in [4.69, 9.17) is 18.9 Å². The number of hydrogen-bond acceptors (Lipinski definition) is 4. The maximum absolute atomic E-state index is 5.27. The van der Waals surface area contributed by atoms with Crippen molar-refractivity contribution < 1.29 is 18.9 Å². The zero-order valence-corrected chi connectivity index (χ0v) is 10.0. The fourth-order valence-electron chi connectivity index (χ4n) is 0.756. The van der Waals surface area contributed by atoms with Crippen molar-refractivity contribution >= 4 is 10.2 Å². The first-order valence-electron chi connectivity index (χ1n) is 3.54. The minimum absolute atomic E-state index is 0.210. The molecule has 0 aliphatic rings. The van der Waals surface area contributed by atoms with Gasteiger partial charge in [-0.15, -0.1) is 0 Å². The molecule has 0 aromatic rings. The van der Waals surface area contributed by atoms with Gasteiger partial charge in [0.25, 0.3) is 0 Å². The average Bonchev–Trinajstić information content (AvgIpc) is 2.03. The second kappa shape index (κ2) is 5.31. The van der Waals surface area contributed by atoms with E-state index >= 15 is 0 Å². The molecule has 0 atom stereocenters. The molecule has 0 N–H and O–H groups in total. The van der Waals surface area contributed by atoms with E-state index in [1.54, 1.807) is 7.11 Å². The molecule has 0 rings (SSSR count). The molecule has 0 saturated heterocycles. The zero-order chi connectivity index (χ0) is 9.61. The van der Waals surface area contributed by atoms with Crippen LogP contribution in [0.3, 0.4) is 0 Å². The van der Waals surface area contributed by atoms with E-state index in [1.165, 1.54) is 14.2 Å². The van der Waals surface area contributed by atoms with Crippen molar-refractivity contribution in [1.29, 1.82) is 0 Å². The van der Waals surface area contributed by atoms with E-state index < -0.39 is 5.97 Å². The van der Waals surface area contributed by atoms with Crippen LogP contribution in [0.2, 0.25) is 0 Å². The highest BCUT2D eigenvalue weighted by Crippen LogP contribution is 2.15. The molecular formula is C7H16O4Si. The van der Waals surface area contributed by atoms with Crippen molar-refractivity contribution in [3.05, 3.63) is 12.0 Å². The van der Waals surface area contributed by atoms with Crippen LogP contribution in [0.5, 0.6) is 0 Å². The highest BCUT2D eigenvalue weighted by molar-refractivity contribution is 6.19. The van der Waals surface area contributed by atoms with Crippen molar-refractivity contribution in [3.63, 3.8) is 0 Å². The van der Waals surface area contributed by atoms with Gasteiger partial charge in [-0.3, -0.25) is 0 Å². The van der Waals surface area contributed by atoms with E-state index in [0.717, 1.165) is 10.2 Å². The summed E-state index contributed by atoms with van der Waals surface area (Å²) >= 11 is 0. The van der Waals surface area contributed by atoms with Crippen molar-refractivity contribution in [3.8, 4) is 0 Å². The Hall–Kier alpha value is -0.363. The van der Waals surface area contributed by atoms with Crippen molar-refractivity contribution in [1.82, 2.24) is 0 Å². The first-order valence-corrected chi connectivity index (χ1v) is 4.54. The predicted octanol–water partition coefficient (Wildman–Crippen LogP) is -0.567. The summed E-state index contributed by atoms with van der Waals surface area (Å²) < 4.78 is 20.2. The first kappa shape index (κ1) is 11.6. The largest absolute Gasteiger partial charge is 0.449 e. The number of methoxy groups -OCH3 is 3.